The van der Waals surface area contributed by atoms with Gasteiger partial charge in [-0.05, 0) is 40.0 Å². The van der Waals surface area contributed by atoms with Crippen LogP contribution < -0.4 is 15.2 Å². The largest absolute Gasteiger partial charge is 0.493 e. The van der Waals surface area contributed by atoms with E-state index in [1.165, 1.54) is 0 Å². The summed E-state index contributed by atoms with van der Waals surface area (Å²) in [6.07, 6.45) is 1.69. The molecule has 0 aliphatic heterocycles. The number of aromatic amines is 1. The minimum Gasteiger partial charge on any atom is -0.493 e. The number of nitrogens with two attached hydrogens (primary N) is 1. The van der Waals surface area contributed by atoms with Crippen LogP contribution in [0.3, 0.4) is 0 Å². The number of hydrogen-bond donors (Lipinski definition) is 2. The number of H-pyrrole nitrogens is 1. The highest BCUT2D eigenvalue weighted by molar-refractivity contribution is 9.10. The topological polar surface area (TPSA) is 73.2 Å². The van der Waals surface area contributed by atoms with Crippen molar-refractivity contribution in [2.24, 2.45) is 0 Å². The summed E-state index contributed by atoms with van der Waals surface area (Å²) in [5, 5.41) is 6.65. The Morgan fingerprint density at radius 2 is 2.00 bits per heavy atom. The highest BCUT2D eigenvalue weighted by Gasteiger charge is 2.18. The van der Waals surface area contributed by atoms with E-state index in [-0.39, 0.29) is 0 Å². The highest BCUT2D eigenvalue weighted by Crippen LogP contribution is 2.43. The van der Waals surface area contributed by atoms with Crippen LogP contribution in [0.15, 0.2) is 16.7 Å². The van der Waals surface area contributed by atoms with Crippen molar-refractivity contribution < 1.29 is 9.47 Å². The predicted molar refractivity (Wildman–Crippen MR) is 74.0 cm³/mol. The number of anilines is 1. The Kier molecular flexibility index (Phi) is 3.47. The second-order valence-electron chi connectivity index (χ2n) is 3.80. The number of halogens is 1. The average Bonchev–Trinajstić information content (AvgIpc) is 2.78. The Labute approximate surface area is 113 Å². The molecule has 1 aromatic heterocycles. The lowest BCUT2D eigenvalue weighted by Gasteiger charge is -2.15. The smallest absolute Gasteiger partial charge is 0.175 e. The van der Waals surface area contributed by atoms with Gasteiger partial charge in [0.2, 0.25) is 0 Å². The third kappa shape index (κ3) is 1.92. The molecule has 0 unspecified atom stereocenters. The van der Waals surface area contributed by atoms with Crippen LogP contribution in [0, 0.1) is 6.92 Å². The molecule has 5 nitrogen and oxygen atoms in total. The first-order valence-electron chi connectivity index (χ1n) is 5.30. The molecule has 0 aliphatic rings. The Morgan fingerprint density at radius 3 is 2.50 bits per heavy atom. The van der Waals surface area contributed by atoms with Crippen LogP contribution in [0.4, 0.5) is 5.82 Å². The van der Waals surface area contributed by atoms with Crippen LogP contribution in [-0.4, -0.2) is 24.4 Å². The molecule has 96 valence electrons. The van der Waals surface area contributed by atoms with Crippen molar-refractivity contribution in [1.82, 2.24) is 10.2 Å². The Hall–Kier alpha value is -1.69. The first kappa shape index (κ1) is 12.8. The normalized spacial score (nSPS) is 10.4. The molecule has 0 spiro atoms. The van der Waals surface area contributed by atoms with Gasteiger partial charge in [-0.15, -0.1) is 0 Å². The predicted octanol–water partition coefficient (Wildman–Crippen LogP) is 2.75. The van der Waals surface area contributed by atoms with Crippen molar-refractivity contribution in [2.75, 3.05) is 20.0 Å². The maximum absolute atomic E-state index is 5.85. The summed E-state index contributed by atoms with van der Waals surface area (Å²) >= 11 is 3.52. The van der Waals surface area contributed by atoms with Crippen molar-refractivity contribution in [2.45, 2.75) is 6.92 Å². The molecule has 0 bridgehead atoms. The molecule has 18 heavy (non-hydrogen) atoms. The van der Waals surface area contributed by atoms with Crippen LogP contribution in [0.5, 0.6) is 11.5 Å². The summed E-state index contributed by atoms with van der Waals surface area (Å²) in [4.78, 5) is 0. The molecule has 0 amide bonds. The summed E-state index contributed by atoms with van der Waals surface area (Å²) in [5.41, 5.74) is 8.65. The Morgan fingerprint density at radius 1 is 1.28 bits per heavy atom. The maximum Gasteiger partial charge on any atom is 0.175 e. The minimum absolute atomic E-state index is 0.525. The average molecular weight is 312 g/mol. The van der Waals surface area contributed by atoms with E-state index in [2.05, 4.69) is 26.1 Å². The molecular formula is C12H14BrN3O2. The lowest BCUT2D eigenvalue weighted by Crippen LogP contribution is -1.96. The third-order valence-electron chi connectivity index (χ3n) is 2.81. The standard InChI is InChI=1S/C12H14BrN3O2/c1-6-7(8-5-15-16-12(8)14)4-9(17-2)11(18-3)10(6)13/h4-5H,1-3H3,(H3,14,15,16). The summed E-state index contributed by atoms with van der Waals surface area (Å²) in [7, 11) is 3.20. The van der Waals surface area contributed by atoms with Gasteiger partial charge in [-0.1, -0.05) is 0 Å². The van der Waals surface area contributed by atoms with Crippen molar-refractivity contribution in [3.63, 3.8) is 0 Å². The lowest BCUT2D eigenvalue weighted by molar-refractivity contribution is 0.353. The van der Waals surface area contributed by atoms with Crippen molar-refractivity contribution in [3.8, 4) is 22.6 Å². The molecule has 2 aromatic rings. The number of rotatable bonds is 3. The van der Waals surface area contributed by atoms with Gasteiger partial charge >= 0.3 is 0 Å². The molecule has 0 saturated carbocycles. The minimum atomic E-state index is 0.525. The molecule has 0 fully saturated rings. The number of nitrogens with zero attached hydrogens (tertiary/aromatic N) is 1. The van der Waals surface area contributed by atoms with Crippen molar-refractivity contribution >= 4 is 21.7 Å². The van der Waals surface area contributed by atoms with Crippen LogP contribution in [-0.2, 0) is 0 Å². The number of aromatic nitrogens is 2. The van der Waals surface area contributed by atoms with Crippen LogP contribution in [0.1, 0.15) is 5.56 Å². The van der Waals surface area contributed by atoms with Gasteiger partial charge < -0.3 is 15.2 Å². The lowest BCUT2D eigenvalue weighted by atomic mass is 10.0. The molecule has 0 radical (unpaired) electrons. The van der Waals surface area contributed by atoms with Gasteiger partial charge in [-0.25, -0.2) is 0 Å². The van der Waals surface area contributed by atoms with E-state index >= 15 is 0 Å². The van der Waals surface area contributed by atoms with Gasteiger partial charge in [0.1, 0.15) is 5.82 Å². The number of ether oxygens (including phenoxy) is 2. The first-order valence-corrected chi connectivity index (χ1v) is 6.09. The van der Waals surface area contributed by atoms with E-state index in [0.29, 0.717) is 17.3 Å². The molecule has 0 saturated heterocycles. The van der Waals surface area contributed by atoms with Crippen molar-refractivity contribution in [3.05, 3.63) is 22.3 Å². The van der Waals surface area contributed by atoms with E-state index in [9.17, 15) is 0 Å². The summed E-state index contributed by atoms with van der Waals surface area (Å²) in [6, 6.07) is 1.89. The quantitative estimate of drug-likeness (QED) is 0.914. The fourth-order valence-corrected chi connectivity index (χ4v) is 2.40. The summed E-state index contributed by atoms with van der Waals surface area (Å²) in [5.74, 6) is 1.84. The van der Waals surface area contributed by atoms with E-state index in [0.717, 1.165) is 21.2 Å². The number of methoxy groups -OCH3 is 2. The number of nitrogen functional groups attached to an aromatic ring is 1. The van der Waals surface area contributed by atoms with Crippen LogP contribution >= 0.6 is 15.9 Å². The zero-order chi connectivity index (χ0) is 13.3. The molecule has 0 atom stereocenters. The molecule has 1 heterocycles. The fourth-order valence-electron chi connectivity index (χ4n) is 1.83. The molecule has 2 rings (SSSR count). The second-order valence-corrected chi connectivity index (χ2v) is 4.59. The monoisotopic (exact) mass is 311 g/mol. The van der Waals surface area contributed by atoms with E-state index in [1.54, 1.807) is 20.4 Å². The van der Waals surface area contributed by atoms with Crippen LogP contribution in [0.25, 0.3) is 11.1 Å². The number of nitrogens with one attached hydrogen (secondary N) is 1. The SMILES string of the molecule is COc1cc(-c2cn[nH]c2N)c(C)c(Br)c1OC. The summed E-state index contributed by atoms with van der Waals surface area (Å²) in [6.45, 7) is 1.98. The van der Waals surface area contributed by atoms with Gasteiger partial charge in [-0.3, -0.25) is 5.10 Å². The second kappa shape index (κ2) is 4.89. The van der Waals surface area contributed by atoms with Gasteiger partial charge in [0.25, 0.3) is 0 Å². The van der Waals surface area contributed by atoms with Crippen molar-refractivity contribution in [1.29, 1.82) is 0 Å². The van der Waals surface area contributed by atoms with Gasteiger partial charge in [0.05, 0.1) is 24.9 Å². The Balaban J connectivity index is 2.70. The number of hydrogen-bond acceptors (Lipinski definition) is 4. The zero-order valence-corrected chi connectivity index (χ0v) is 12.0. The fraction of sp³-hybridized carbons (Fsp3) is 0.250. The van der Waals surface area contributed by atoms with Gasteiger partial charge in [-0.2, -0.15) is 5.10 Å². The van der Waals surface area contributed by atoms with Gasteiger partial charge in [0.15, 0.2) is 11.5 Å². The van der Waals surface area contributed by atoms with E-state index in [1.807, 2.05) is 13.0 Å². The van der Waals surface area contributed by atoms with Crippen LogP contribution in [0.2, 0.25) is 0 Å². The third-order valence-corrected chi connectivity index (χ3v) is 3.77. The number of benzene rings is 1. The molecule has 3 N–H and O–H groups in total. The molecular weight excluding hydrogens is 298 g/mol. The molecule has 0 aliphatic carbocycles. The molecule has 6 heteroatoms. The zero-order valence-electron chi connectivity index (χ0n) is 10.4. The van der Waals surface area contributed by atoms with E-state index < -0.39 is 0 Å². The van der Waals surface area contributed by atoms with Gasteiger partial charge in [0, 0.05) is 5.56 Å². The molecule has 1 aromatic carbocycles. The maximum atomic E-state index is 5.85. The highest BCUT2D eigenvalue weighted by atomic mass is 79.9. The first-order chi connectivity index (χ1) is 8.60. The summed E-state index contributed by atoms with van der Waals surface area (Å²) < 4.78 is 11.5. The van der Waals surface area contributed by atoms with E-state index in [4.69, 9.17) is 15.2 Å². The Bertz CT molecular complexity index is 581.